The van der Waals surface area contributed by atoms with Crippen LogP contribution in [0.1, 0.15) is 39.0 Å². The fourth-order valence-electron chi connectivity index (χ4n) is 1.14. The Bertz CT molecular complexity index is 150. The van der Waals surface area contributed by atoms with Gasteiger partial charge in [-0.1, -0.05) is 19.3 Å². The zero-order valence-electron chi connectivity index (χ0n) is 8.67. The number of halogens is 1. The molecule has 84 valence electrons. The summed E-state index contributed by atoms with van der Waals surface area (Å²) in [6.07, 6.45) is 3.43. The van der Waals surface area contributed by atoms with Gasteiger partial charge in [-0.05, 0) is 19.8 Å². The molecule has 0 saturated heterocycles. The summed E-state index contributed by atoms with van der Waals surface area (Å²) in [7, 11) is 0. The highest BCUT2D eigenvalue weighted by atomic mass is 35.5. The molecule has 0 aliphatic carbocycles. The molecule has 0 spiro atoms. The maximum atomic E-state index is 11.0. The highest BCUT2D eigenvalue weighted by molar-refractivity contribution is 6.17. The molecule has 0 rings (SSSR count). The van der Waals surface area contributed by atoms with Gasteiger partial charge in [0, 0.05) is 5.88 Å². The van der Waals surface area contributed by atoms with Crippen molar-refractivity contribution in [2.75, 3.05) is 12.5 Å². The number of hydrogen-bond acceptors (Lipinski definition) is 3. The van der Waals surface area contributed by atoms with E-state index in [0.717, 1.165) is 25.7 Å². The van der Waals surface area contributed by atoms with Crippen molar-refractivity contribution in [2.24, 2.45) is 0 Å². The Morgan fingerprint density at radius 2 is 2.00 bits per heavy atom. The molecule has 1 unspecified atom stereocenters. The van der Waals surface area contributed by atoms with Crippen LogP contribution in [0.5, 0.6) is 0 Å². The standard InChI is InChI=1S/C10H19ClO3/c1-2-14-10(13)9(12)7-5-3-4-6-8-11/h9,12H,2-8H2,1H3. The van der Waals surface area contributed by atoms with Crippen LogP contribution in [-0.2, 0) is 9.53 Å². The van der Waals surface area contributed by atoms with E-state index in [-0.39, 0.29) is 0 Å². The molecule has 0 radical (unpaired) electrons. The fraction of sp³-hybridized carbons (Fsp3) is 0.900. The lowest BCUT2D eigenvalue weighted by Crippen LogP contribution is -2.22. The Morgan fingerprint density at radius 1 is 1.36 bits per heavy atom. The van der Waals surface area contributed by atoms with Crippen LogP contribution in [0.4, 0.5) is 0 Å². The van der Waals surface area contributed by atoms with Gasteiger partial charge in [0.2, 0.25) is 0 Å². The van der Waals surface area contributed by atoms with E-state index in [0.29, 0.717) is 18.9 Å². The summed E-state index contributed by atoms with van der Waals surface area (Å²) in [5.74, 6) is 0.172. The molecule has 1 atom stereocenters. The first-order chi connectivity index (χ1) is 6.72. The normalized spacial score (nSPS) is 12.5. The second-order valence-electron chi connectivity index (χ2n) is 3.16. The largest absolute Gasteiger partial charge is 0.464 e. The molecular formula is C10H19ClO3. The topological polar surface area (TPSA) is 46.5 Å². The summed E-state index contributed by atoms with van der Waals surface area (Å²) < 4.78 is 4.67. The van der Waals surface area contributed by atoms with Crippen molar-refractivity contribution in [2.45, 2.75) is 45.1 Å². The Labute approximate surface area is 90.4 Å². The van der Waals surface area contributed by atoms with Crippen LogP contribution in [0, 0.1) is 0 Å². The van der Waals surface area contributed by atoms with Crippen LogP contribution in [0.15, 0.2) is 0 Å². The molecule has 0 aromatic carbocycles. The summed E-state index contributed by atoms with van der Waals surface area (Å²) >= 11 is 5.51. The molecule has 1 N–H and O–H groups in total. The zero-order chi connectivity index (χ0) is 10.8. The Kier molecular flexibility index (Phi) is 9.10. The van der Waals surface area contributed by atoms with Crippen molar-refractivity contribution in [1.82, 2.24) is 0 Å². The first-order valence-corrected chi connectivity index (χ1v) is 5.66. The molecule has 4 heteroatoms. The van der Waals surface area contributed by atoms with Crippen LogP contribution in [0.3, 0.4) is 0 Å². The van der Waals surface area contributed by atoms with Crippen molar-refractivity contribution in [3.63, 3.8) is 0 Å². The van der Waals surface area contributed by atoms with Gasteiger partial charge in [0.25, 0.3) is 0 Å². The number of ether oxygens (including phenoxy) is 1. The third-order valence-corrected chi connectivity index (χ3v) is 2.19. The molecular weight excluding hydrogens is 204 g/mol. The van der Waals surface area contributed by atoms with E-state index in [4.69, 9.17) is 11.6 Å². The SMILES string of the molecule is CCOC(=O)C(O)CCCCCCCl. The molecule has 0 aliphatic rings. The van der Waals surface area contributed by atoms with Gasteiger partial charge in [-0.3, -0.25) is 0 Å². The summed E-state index contributed by atoms with van der Waals surface area (Å²) in [5.41, 5.74) is 0. The molecule has 3 nitrogen and oxygen atoms in total. The van der Waals surface area contributed by atoms with E-state index in [2.05, 4.69) is 4.74 Å². The summed E-state index contributed by atoms with van der Waals surface area (Å²) in [6, 6.07) is 0. The van der Waals surface area contributed by atoms with Crippen LogP contribution in [-0.4, -0.2) is 29.7 Å². The Hall–Kier alpha value is -0.280. The maximum absolute atomic E-state index is 11.0. The van der Waals surface area contributed by atoms with Crippen LogP contribution in [0.25, 0.3) is 0 Å². The number of aliphatic hydroxyl groups excluding tert-OH is 1. The summed E-state index contributed by atoms with van der Waals surface area (Å²) in [6.45, 7) is 2.05. The van der Waals surface area contributed by atoms with Gasteiger partial charge in [-0.15, -0.1) is 11.6 Å². The van der Waals surface area contributed by atoms with Gasteiger partial charge in [-0.2, -0.15) is 0 Å². The van der Waals surface area contributed by atoms with Crippen molar-refractivity contribution in [3.8, 4) is 0 Å². The zero-order valence-corrected chi connectivity index (χ0v) is 9.42. The van der Waals surface area contributed by atoms with E-state index in [1.54, 1.807) is 6.92 Å². The highest BCUT2D eigenvalue weighted by Crippen LogP contribution is 2.07. The smallest absolute Gasteiger partial charge is 0.334 e. The molecule has 0 amide bonds. The minimum absolute atomic E-state index is 0.322. The number of rotatable bonds is 8. The number of alkyl halides is 1. The van der Waals surface area contributed by atoms with Crippen molar-refractivity contribution in [3.05, 3.63) is 0 Å². The predicted molar refractivity (Wildman–Crippen MR) is 56.4 cm³/mol. The lowest BCUT2D eigenvalue weighted by molar-refractivity contribution is -0.153. The second kappa shape index (κ2) is 9.28. The van der Waals surface area contributed by atoms with Gasteiger partial charge in [0.1, 0.15) is 0 Å². The summed E-state index contributed by atoms with van der Waals surface area (Å²) in [4.78, 5) is 11.0. The third kappa shape index (κ3) is 7.15. The molecule has 0 aliphatic heterocycles. The molecule has 0 aromatic heterocycles. The molecule has 0 saturated carbocycles. The van der Waals surface area contributed by atoms with Crippen molar-refractivity contribution < 1.29 is 14.6 Å². The van der Waals surface area contributed by atoms with E-state index >= 15 is 0 Å². The summed E-state index contributed by atoms with van der Waals surface area (Å²) in [5, 5.41) is 9.30. The van der Waals surface area contributed by atoms with Crippen molar-refractivity contribution in [1.29, 1.82) is 0 Å². The number of carbonyl (C=O) groups is 1. The minimum Gasteiger partial charge on any atom is -0.464 e. The second-order valence-corrected chi connectivity index (χ2v) is 3.54. The monoisotopic (exact) mass is 222 g/mol. The quantitative estimate of drug-likeness (QED) is 0.389. The van der Waals surface area contributed by atoms with Gasteiger partial charge in [0.15, 0.2) is 6.10 Å². The van der Waals surface area contributed by atoms with Crippen molar-refractivity contribution >= 4 is 17.6 Å². The van der Waals surface area contributed by atoms with Gasteiger partial charge in [-0.25, -0.2) is 4.79 Å². The van der Waals surface area contributed by atoms with Crippen LogP contribution < -0.4 is 0 Å². The average Bonchev–Trinajstić information content (AvgIpc) is 2.17. The van der Waals surface area contributed by atoms with Gasteiger partial charge >= 0.3 is 5.97 Å². The first kappa shape index (κ1) is 13.7. The van der Waals surface area contributed by atoms with E-state index < -0.39 is 12.1 Å². The van der Waals surface area contributed by atoms with Crippen LogP contribution in [0.2, 0.25) is 0 Å². The average molecular weight is 223 g/mol. The maximum Gasteiger partial charge on any atom is 0.334 e. The molecule has 14 heavy (non-hydrogen) atoms. The van der Waals surface area contributed by atoms with Gasteiger partial charge < -0.3 is 9.84 Å². The molecule has 0 bridgehead atoms. The molecule has 0 fully saturated rings. The Balaban J connectivity index is 3.34. The fourth-order valence-corrected chi connectivity index (χ4v) is 1.33. The number of carbonyl (C=O) groups excluding carboxylic acids is 1. The molecule has 0 aromatic rings. The van der Waals surface area contributed by atoms with Crippen LogP contribution >= 0.6 is 11.6 Å². The first-order valence-electron chi connectivity index (χ1n) is 5.13. The number of unbranched alkanes of at least 4 members (excludes halogenated alkanes) is 3. The highest BCUT2D eigenvalue weighted by Gasteiger charge is 2.14. The van der Waals surface area contributed by atoms with Gasteiger partial charge in [0.05, 0.1) is 6.61 Å². The lowest BCUT2D eigenvalue weighted by atomic mass is 10.1. The van der Waals surface area contributed by atoms with E-state index in [1.807, 2.05) is 0 Å². The number of hydrogen-bond donors (Lipinski definition) is 1. The predicted octanol–water partition coefficient (Wildman–Crippen LogP) is 2.10. The third-order valence-electron chi connectivity index (χ3n) is 1.92. The molecule has 0 heterocycles. The number of aliphatic hydroxyl groups is 1. The minimum atomic E-state index is -0.953. The van der Waals surface area contributed by atoms with E-state index in [1.165, 1.54) is 0 Å². The Morgan fingerprint density at radius 3 is 2.57 bits per heavy atom. The number of esters is 1. The van der Waals surface area contributed by atoms with E-state index in [9.17, 15) is 9.90 Å². The lowest BCUT2D eigenvalue weighted by Gasteiger charge is -2.08.